The van der Waals surface area contributed by atoms with Gasteiger partial charge in [0.05, 0.1) is 6.61 Å². The third kappa shape index (κ3) is 5.80. The van der Waals surface area contributed by atoms with Crippen LogP contribution in [0.1, 0.15) is 27.2 Å². The smallest absolute Gasteiger partial charge is 0.0582 e. The number of aliphatic hydroxyl groups excluding tert-OH is 1. The van der Waals surface area contributed by atoms with E-state index in [1.54, 1.807) is 0 Å². The number of hydrogen-bond donors (Lipinski definition) is 2. The highest BCUT2D eigenvalue weighted by Crippen LogP contribution is 2.19. The van der Waals surface area contributed by atoms with E-state index in [0.717, 1.165) is 6.42 Å². The first-order chi connectivity index (χ1) is 3.95. The zero-order chi connectivity index (χ0) is 7.49. The zero-order valence-electron chi connectivity index (χ0n) is 6.52. The Morgan fingerprint density at radius 1 is 1.44 bits per heavy atom. The van der Waals surface area contributed by atoms with E-state index in [9.17, 15) is 0 Å². The molecule has 1 unspecified atom stereocenters. The number of aliphatic hydroxyl groups is 1. The van der Waals surface area contributed by atoms with Crippen molar-refractivity contribution in [1.82, 2.24) is 0 Å². The molecule has 0 heterocycles. The highest BCUT2D eigenvalue weighted by molar-refractivity contribution is 4.69. The van der Waals surface area contributed by atoms with Crippen molar-refractivity contribution in [3.05, 3.63) is 0 Å². The van der Waals surface area contributed by atoms with Crippen LogP contribution in [-0.2, 0) is 0 Å². The molecular formula is C7H17NO. The lowest BCUT2D eigenvalue weighted by molar-refractivity contribution is 0.224. The lowest BCUT2D eigenvalue weighted by Crippen LogP contribution is -2.29. The number of nitrogens with two attached hydrogens (primary N) is 1. The summed E-state index contributed by atoms with van der Waals surface area (Å²) in [5, 5.41) is 8.57. The van der Waals surface area contributed by atoms with Gasteiger partial charge in [-0.15, -0.1) is 0 Å². The van der Waals surface area contributed by atoms with Crippen LogP contribution in [0.3, 0.4) is 0 Å². The molecule has 1 atom stereocenters. The van der Waals surface area contributed by atoms with Crippen LogP contribution in [0.4, 0.5) is 0 Å². The number of hydrogen-bond acceptors (Lipinski definition) is 2. The molecule has 0 saturated carbocycles. The molecule has 0 rings (SSSR count). The molecule has 56 valence electrons. The van der Waals surface area contributed by atoms with E-state index in [2.05, 4.69) is 20.8 Å². The van der Waals surface area contributed by atoms with Crippen molar-refractivity contribution in [3.63, 3.8) is 0 Å². The Morgan fingerprint density at radius 2 is 1.89 bits per heavy atom. The minimum absolute atomic E-state index is 0.0509. The van der Waals surface area contributed by atoms with Crippen LogP contribution in [0.2, 0.25) is 0 Å². The third-order valence-corrected chi connectivity index (χ3v) is 1.11. The molecule has 0 aromatic heterocycles. The maximum atomic E-state index is 8.57. The van der Waals surface area contributed by atoms with Gasteiger partial charge >= 0.3 is 0 Å². The van der Waals surface area contributed by atoms with Crippen molar-refractivity contribution in [2.75, 3.05) is 6.61 Å². The monoisotopic (exact) mass is 131 g/mol. The van der Waals surface area contributed by atoms with Gasteiger partial charge < -0.3 is 10.8 Å². The van der Waals surface area contributed by atoms with E-state index >= 15 is 0 Å². The summed E-state index contributed by atoms with van der Waals surface area (Å²) in [5.74, 6) is 0. The summed E-state index contributed by atoms with van der Waals surface area (Å²) in [6, 6.07) is -0.0509. The van der Waals surface area contributed by atoms with Crippen LogP contribution >= 0.6 is 0 Å². The Morgan fingerprint density at radius 3 is 2.00 bits per heavy atom. The topological polar surface area (TPSA) is 46.2 Å². The Labute approximate surface area is 57.1 Å². The molecule has 0 radical (unpaired) electrons. The fraction of sp³-hybridized carbons (Fsp3) is 1.00. The van der Waals surface area contributed by atoms with Crippen LogP contribution in [-0.4, -0.2) is 17.8 Å². The second-order valence-corrected chi connectivity index (χ2v) is 3.71. The van der Waals surface area contributed by atoms with E-state index < -0.39 is 0 Å². The molecule has 0 aliphatic heterocycles. The van der Waals surface area contributed by atoms with Crippen molar-refractivity contribution in [3.8, 4) is 0 Å². The Balaban J connectivity index is 3.47. The summed E-state index contributed by atoms with van der Waals surface area (Å²) in [6.07, 6.45) is 0.878. The number of rotatable bonds is 2. The second-order valence-electron chi connectivity index (χ2n) is 3.71. The Kier molecular flexibility index (Phi) is 3.15. The van der Waals surface area contributed by atoms with E-state index in [0.29, 0.717) is 0 Å². The van der Waals surface area contributed by atoms with Crippen molar-refractivity contribution in [2.24, 2.45) is 11.1 Å². The molecule has 0 bridgehead atoms. The quantitative estimate of drug-likeness (QED) is 0.580. The van der Waals surface area contributed by atoms with E-state index in [1.165, 1.54) is 0 Å². The van der Waals surface area contributed by atoms with Gasteiger partial charge in [0.1, 0.15) is 0 Å². The molecule has 9 heavy (non-hydrogen) atoms. The minimum Gasteiger partial charge on any atom is -0.395 e. The molecule has 0 amide bonds. The van der Waals surface area contributed by atoms with Crippen LogP contribution in [0, 0.1) is 5.41 Å². The van der Waals surface area contributed by atoms with Crippen molar-refractivity contribution >= 4 is 0 Å². The molecule has 2 nitrogen and oxygen atoms in total. The highest BCUT2D eigenvalue weighted by Gasteiger charge is 2.14. The van der Waals surface area contributed by atoms with Gasteiger partial charge in [-0.25, -0.2) is 0 Å². The van der Waals surface area contributed by atoms with Gasteiger partial charge in [-0.1, -0.05) is 20.8 Å². The van der Waals surface area contributed by atoms with Crippen LogP contribution in [0.25, 0.3) is 0 Å². The Bertz CT molecular complexity index is 75.5. The Hall–Kier alpha value is -0.0800. The maximum Gasteiger partial charge on any atom is 0.0582 e. The maximum absolute atomic E-state index is 8.57. The molecule has 0 aromatic carbocycles. The summed E-state index contributed by atoms with van der Waals surface area (Å²) < 4.78 is 0. The molecule has 0 aliphatic rings. The lowest BCUT2D eigenvalue weighted by atomic mass is 9.89. The third-order valence-electron chi connectivity index (χ3n) is 1.11. The van der Waals surface area contributed by atoms with Gasteiger partial charge in [-0.3, -0.25) is 0 Å². The van der Waals surface area contributed by atoms with Gasteiger partial charge in [-0.2, -0.15) is 0 Å². The highest BCUT2D eigenvalue weighted by atomic mass is 16.3. The first kappa shape index (κ1) is 8.92. The zero-order valence-corrected chi connectivity index (χ0v) is 6.52. The van der Waals surface area contributed by atoms with Gasteiger partial charge in [0.2, 0.25) is 0 Å². The minimum atomic E-state index is -0.0509. The summed E-state index contributed by atoms with van der Waals surface area (Å²) >= 11 is 0. The molecule has 0 fully saturated rings. The summed E-state index contributed by atoms with van der Waals surface area (Å²) in [6.45, 7) is 6.44. The second kappa shape index (κ2) is 3.18. The lowest BCUT2D eigenvalue weighted by Gasteiger charge is -2.21. The normalized spacial score (nSPS) is 15.7. The van der Waals surface area contributed by atoms with Gasteiger partial charge in [-0.05, 0) is 11.8 Å². The van der Waals surface area contributed by atoms with Crippen molar-refractivity contribution in [1.29, 1.82) is 0 Å². The first-order valence-corrected chi connectivity index (χ1v) is 3.32. The largest absolute Gasteiger partial charge is 0.395 e. The predicted molar refractivity (Wildman–Crippen MR) is 39.1 cm³/mol. The molecule has 3 N–H and O–H groups in total. The van der Waals surface area contributed by atoms with E-state index in [1.807, 2.05) is 0 Å². The summed E-state index contributed by atoms with van der Waals surface area (Å²) in [7, 11) is 0. The molecule has 2 heteroatoms. The standard InChI is InChI=1S/C7H17NO/c1-7(2,3)4-6(8)5-9/h6,9H,4-5,8H2,1-3H3. The summed E-state index contributed by atoms with van der Waals surface area (Å²) in [5.41, 5.74) is 5.75. The molecule has 0 aromatic rings. The summed E-state index contributed by atoms with van der Waals surface area (Å²) in [4.78, 5) is 0. The van der Waals surface area contributed by atoms with E-state index in [4.69, 9.17) is 10.8 Å². The van der Waals surface area contributed by atoms with Crippen LogP contribution in [0.15, 0.2) is 0 Å². The SMILES string of the molecule is CC(C)(C)CC(N)CO. The average molecular weight is 131 g/mol. The van der Waals surface area contributed by atoms with Gasteiger partial charge in [0.25, 0.3) is 0 Å². The first-order valence-electron chi connectivity index (χ1n) is 3.32. The van der Waals surface area contributed by atoms with Crippen molar-refractivity contribution in [2.45, 2.75) is 33.2 Å². The fourth-order valence-electron chi connectivity index (χ4n) is 0.851. The predicted octanol–water partition coefficient (Wildman–Crippen LogP) is 0.742. The molecular weight excluding hydrogens is 114 g/mol. The van der Waals surface area contributed by atoms with E-state index in [-0.39, 0.29) is 18.1 Å². The average Bonchev–Trinajstić information content (AvgIpc) is 1.62. The van der Waals surface area contributed by atoms with Gasteiger partial charge in [0, 0.05) is 6.04 Å². The fourth-order valence-corrected chi connectivity index (χ4v) is 0.851. The molecule has 0 spiro atoms. The molecule has 0 saturated heterocycles. The molecule has 0 aliphatic carbocycles. The van der Waals surface area contributed by atoms with Crippen molar-refractivity contribution < 1.29 is 5.11 Å². The van der Waals surface area contributed by atoms with Crippen LogP contribution < -0.4 is 5.73 Å². The van der Waals surface area contributed by atoms with Crippen LogP contribution in [0.5, 0.6) is 0 Å². The van der Waals surface area contributed by atoms with Gasteiger partial charge in [0.15, 0.2) is 0 Å².